The topological polar surface area (TPSA) is 58.6 Å². The Morgan fingerprint density at radius 2 is 1.93 bits per heavy atom. The molecule has 5 nitrogen and oxygen atoms in total. The number of nitrogens with one attached hydrogen (secondary N) is 1. The van der Waals surface area contributed by atoms with Gasteiger partial charge in [-0.25, -0.2) is 4.79 Å². The minimum absolute atomic E-state index is 0.0193. The summed E-state index contributed by atoms with van der Waals surface area (Å²) < 4.78 is 45.7. The Morgan fingerprint density at radius 1 is 1.26 bits per heavy atom. The number of dihydropyridines is 1. The van der Waals surface area contributed by atoms with Crippen molar-refractivity contribution in [2.24, 2.45) is 0 Å². The first-order chi connectivity index (χ1) is 12.6. The number of carbonyl (C=O) groups is 2. The molecule has 0 saturated heterocycles. The maximum absolute atomic E-state index is 13.6. The Kier molecular flexibility index (Phi) is 4.86. The van der Waals surface area contributed by atoms with Gasteiger partial charge in [0.15, 0.2) is 5.78 Å². The minimum atomic E-state index is -4.62. The summed E-state index contributed by atoms with van der Waals surface area (Å²) in [5.74, 6) is -2.21. The predicted molar refractivity (Wildman–Crippen MR) is 91.6 cm³/mol. The van der Waals surface area contributed by atoms with Gasteiger partial charge in [-0.15, -0.1) is 0 Å². The van der Waals surface area contributed by atoms with Gasteiger partial charge in [0.1, 0.15) is 0 Å². The molecule has 0 saturated carbocycles. The first-order valence-corrected chi connectivity index (χ1v) is 8.32. The van der Waals surface area contributed by atoms with Crippen LogP contribution < -0.4 is 5.32 Å². The number of allylic oxidation sites excluding steroid dienone is 1. The first-order valence-electron chi connectivity index (χ1n) is 8.32. The molecule has 2 heterocycles. The van der Waals surface area contributed by atoms with Crippen LogP contribution in [0.4, 0.5) is 13.2 Å². The number of ether oxygens (including phenoxy) is 1. The Labute approximate surface area is 154 Å². The molecule has 3 rings (SSSR count). The molecule has 2 aliphatic heterocycles. The van der Waals surface area contributed by atoms with Crippen molar-refractivity contribution in [3.63, 3.8) is 0 Å². The van der Waals surface area contributed by atoms with Gasteiger partial charge in [-0.1, -0.05) is 18.2 Å². The van der Waals surface area contributed by atoms with Crippen molar-refractivity contribution in [2.75, 3.05) is 27.2 Å². The number of benzene rings is 1. The standard InChI is InChI=1S/C19H19F3N2O3/c1-10-15(18(26)27-3)16(11-6-4-5-7-12(11)19(20,21)22)17-13(23-10)8-24(2)9-14(17)25/h4-7,16,23H,8-9H2,1-3H3. The van der Waals surface area contributed by atoms with Gasteiger partial charge >= 0.3 is 12.1 Å². The van der Waals surface area contributed by atoms with Crippen LogP contribution in [-0.2, 0) is 20.5 Å². The molecule has 2 aliphatic rings. The van der Waals surface area contributed by atoms with Gasteiger partial charge in [0, 0.05) is 29.4 Å². The molecule has 0 bridgehead atoms. The molecule has 1 unspecified atom stereocenters. The first kappa shape index (κ1) is 19.2. The van der Waals surface area contributed by atoms with Crippen LogP contribution in [0.3, 0.4) is 0 Å². The third-order valence-corrected chi connectivity index (χ3v) is 4.77. The number of carbonyl (C=O) groups excluding carboxylic acids is 2. The smallest absolute Gasteiger partial charge is 0.416 e. The molecule has 1 atom stereocenters. The van der Waals surface area contributed by atoms with Crippen molar-refractivity contribution < 1.29 is 27.5 Å². The zero-order valence-electron chi connectivity index (χ0n) is 15.1. The van der Waals surface area contributed by atoms with E-state index in [2.05, 4.69) is 5.32 Å². The molecule has 0 aliphatic carbocycles. The number of nitrogens with zero attached hydrogens (tertiary/aromatic N) is 1. The van der Waals surface area contributed by atoms with Crippen LogP contribution in [0.25, 0.3) is 0 Å². The lowest BCUT2D eigenvalue weighted by Gasteiger charge is -2.37. The zero-order valence-corrected chi connectivity index (χ0v) is 15.1. The number of alkyl halides is 3. The maximum atomic E-state index is 13.6. The fourth-order valence-electron chi connectivity index (χ4n) is 3.70. The largest absolute Gasteiger partial charge is 0.466 e. The van der Waals surface area contributed by atoms with Gasteiger partial charge in [-0.2, -0.15) is 13.2 Å². The zero-order chi connectivity index (χ0) is 19.9. The van der Waals surface area contributed by atoms with Crippen molar-refractivity contribution in [1.82, 2.24) is 10.2 Å². The lowest BCUT2D eigenvalue weighted by molar-refractivity contribution is -0.139. The molecule has 0 radical (unpaired) electrons. The van der Waals surface area contributed by atoms with Crippen LogP contribution in [-0.4, -0.2) is 43.9 Å². The highest BCUT2D eigenvalue weighted by Gasteiger charge is 2.44. The van der Waals surface area contributed by atoms with Crippen molar-refractivity contribution >= 4 is 11.8 Å². The molecule has 1 N–H and O–H groups in total. The fraction of sp³-hybridized carbons (Fsp3) is 0.368. The van der Waals surface area contributed by atoms with Crippen LogP contribution in [0.15, 0.2) is 46.8 Å². The summed E-state index contributed by atoms with van der Waals surface area (Å²) in [6, 6.07) is 5.02. The third kappa shape index (κ3) is 3.37. The third-order valence-electron chi connectivity index (χ3n) is 4.77. The highest BCUT2D eigenvalue weighted by atomic mass is 19.4. The van der Waals surface area contributed by atoms with Crippen LogP contribution in [0.1, 0.15) is 24.0 Å². The van der Waals surface area contributed by atoms with E-state index in [0.29, 0.717) is 17.9 Å². The van der Waals surface area contributed by atoms with E-state index in [9.17, 15) is 22.8 Å². The van der Waals surface area contributed by atoms with Gasteiger partial charge in [0.2, 0.25) is 0 Å². The molecule has 1 aromatic carbocycles. The van der Waals surface area contributed by atoms with Crippen LogP contribution in [0.5, 0.6) is 0 Å². The van der Waals surface area contributed by atoms with E-state index in [1.54, 1.807) is 18.9 Å². The molecule has 8 heteroatoms. The molecule has 0 fully saturated rings. The normalized spacial score (nSPS) is 21.1. The Morgan fingerprint density at radius 3 is 2.56 bits per heavy atom. The van der Waals surface area contributed by atoms with Crippen molar-refractivity contribution in [2.45, 2.75) is 19.0 Å². The van der Waals surface area contributed by atoms with E-state index in [0.717, 1.165) is 13.2 Å². The number of ketones is 1. The summed E-state index contributed by atoms with van der Waals surface area (Å²) in [5, 5.41) is 3.02. The summed E-state index contributed by atoms with van der Waals surface area (Å²) in [4.78, 5) is 26.9. The van der Waals surface area contributed by atoms with Crippen LogP contribution >= 0.6 is 0 Å². The number of hydrogen-bond donors (Lipinski definition) is 1. The van der Waals surface area contributed by atoms with E-state index in [-0.39, 0.29) is 29.0 Å². The average molecular weight is 380 g/mol. The number of hydrogen-bond acceptors (Lipinski definition) is 5. The van der Waals surface area contributed by atoms with E-state index in [4.69, 9.17) is 4.74 Å². The minimum Gasteiger partial charge on any atom is -0.466 e. The van der Waals surface area contributed by atoms with E-state index >= 15 is 0 Å². The van der Waals surface area contributed by atoms with Gasteiger partial charge in [-0.05, 0) is 25.6 Å². The summed E-state index contributed by atoms with van der Waals surface area (Å²) in [7, 11) is 2.91. The summed E-state index contributed by atoms with van der Waals surface area (Å²) in [6.07, 6.45) is -4.62. The fourth-order valence-corrected chi connectivity index (χ4v) is 3.70. The molecule has 0 spiro atoms. The van der Waals surface area contributed by atoms with Crippen LogP contribution in [0, 0.1) is 0 Å². The van der Waals surface area contributed by atoms with Crippen LogP contribution in [0.2, 0.25) is 0 Å². The molecule has 1 aromatic rings. The lowest BCUT2D eigenvalue weighted by atomic mass is 9.76. The highest BCUT2D eigenvalue weighted by molar-refractivity contribution is 6.04. The molecular formula is C19H19F3N2O3. The molecule has 0 aromatic heterocycles. The molecular weight excluding hydrogens is 361 g/mol. The Hall–Kier alpha value is -2.61. The highest BCUT2D eigenvalue weighted by Crippen LogP contribution is 2.45. The van der Waals surface area contributed by atoms with Gasteiger partial charge in [0.25, 0.3) is 0 Å². The number of likely N-dealkylation sites (N-methyl/N-ethyl adjacent to an activating group) is 1. The number of Topliss-reactive ketones (excluding diaryl/α,β-unsaturated/α-hetero) is 1. The van der Waals surface area contributed by atoms with Gasteiger partial charge in [0.05, 0.1) is 24.8 Å². The Balaban J connectivity index is 2.29. The molecule has 27 heavy (non-hydrogen) atoms. The second-order valence-corrected chi connectivity index (χ2v) is 6.66. The maximum Gasteiger partial charge on any atom is 0.416 e. The lowest BCUT2D eigenvalue weighted by Crippen LogP contribution is -2.44. The average Bonchev–Trinajstić information content (AvgIpc) is 2.58. The quantitative estimate of drug-likeness (QED) is 0.800. The molecule has 0 amide bonds. The second kappa shape index (κ2) is 6.84. The van der Waals surface area contributed by atoms with E-state index in [1.807, 2.05) is 0 Å². The second-order valence-electron chi connectivity index (χ2n) is 6.66. The molecule has 144 valence electrons. The van der Waals surface area contributed by atoms with E-state index < -0.39 is 23.6 Å². The van der Waals surface area contributed by atoms with E-state index in [1.165, 1.54) is 18.2 Å². The number of methoxy groups -OCH3 is 1. The number of esters is 1. The number of rotatable bonds is 2. The summed E-state index contributed by atoms with van der Waals surface area (Å²) >= 11 is 0. The predicted octanol–water partition coefficient (Wildman–Crippen LogP) is 2.61. The van der Waals surface area contributed by atoms with Crippen molar-refractivity contribution in [3.8, 4) is 0 Å². The van der Waals surface area contributed by atoms with Crippen molar-refractivity contribution in [3.05, 3.63) is 57.9 Å². The number of halogens is 3. The van der Waals surface area contributed by atoms with Gasteiger partial charge in [-0.3, -0.25) is 9.69 Å². The summed E-state index contributed by atoms with van der Waals surface area (Å²) in [5.41, 5.74) is 0.106. The van der Waals surface area contributed by atoms with Gasteiger partial charge < -0.3 is 10.1 Å². The summed E-state index contributed by atoms with van der Waals surface area (Å²) in [6.45, 7) is 2.04. The van der Waals surface area contributed by atoms with Crippen molar-refractivity contribution in [1.29, 1.82) is 0 Å². The monoisotopic (exact) mass is 380 g/mol. The Bertz CT molecular complexity index is 871. The SMILES string of the molecule is COC(=O)C1=C(C)NC2=C(C(=O)CN(C)C2)C1c1ccccc1C(F)(F)F.